The van der Waals surface area contributed by atoms with Crippen molar-refractivity contribution in [2.45, 2.75) is 26.1 Å². The summed E-state index contributed by atoms with van der Waals surface area (Å²) in [6, 6.07) is 0. The SMILES string of the molecule is C[C@@H]1CN(S(=O)(=O)N2CCN(c3cnccn3)CC2)C[C@H](C)O1. The molecule has 3 rings (SSSR count). The lowest BCUT2D eigenvalue weighted by atomic mass is 10.3. The molecule has 8 nitrogen and oxygen atoms in total. The van der Waals surface area contributed by atoms with Crippen LogP contribution in [-0.4, -0.2) is 78.5 Å². The third-order valence-electron chi connectivity index (χ3n) is 4.15. The summed E-state index contributed by atoms with van der Waals surface area (Å²) in [4.78, 5) is 10.4. The molecule has 3 heterocycles. The third-order valence-corrected chi connectivity index (χ3v) is 6.12. The Hall–Kier alpha value is -1.29. The Morgan fingerprint density at radius 2 is 1.70 bits per heavy atom. The van der Waals surface area contributed by atoms with Gasteiger partial charge in [0.1, 0.15) is 5.82 Å². The van der Waals surface area contributed by atoms with Crippen LogP contribution in [0.4, 0.5) is 5.82 Å². The molecule has 0 radical (unpaired) electrons. The lowest BCUT2D eigenvalue weighted by molar-refractivity contribution is -0.0455. The van der Waals surface area contributed by atoms with Crippen LogP contribution in [-0.2, 0) is 14.9 Å². The van der Waals surface area contributed by atoms with Crippen molar-refractivity contribution in [2.75, 3.05) is 44.2 Å². The highest BCUT2D eigenvalue weighted by Gasteiger charge is 2.36. The monoisotopic (exact) mass is 341 g/mol. The molecule has 0 N–H and O–H groups in total. The molecule has 2 aliphatic rings. The minimum absolute atomic E-state index is 0.0746. The van der Waals surface area contributed by atoms with Gasteiger partial charge in [-0.1, -0.05) is 0 Å². The van der Waals surface area contributed by atoms with E-state index in [1.807, 2.05) is 13.8 Å². The van der Waals surface area contributed by atoms with Crippen molar-refractivity contribution in [1.82, 2.24) is 18.6 Å². The number of ether oxygens (including phenoxy) is 1. The number of anilines is 1. The first kappa shape index (κ1) is 16.6. The van der Waals surface area contributed by atoms with Crippen molar-refractivity contribution >= 4 is 16.0 Å². The van der Waals surface area contributed by atoms with Crippen LogP contribution in [0.2, 0.25) is 0 Å². The third kappa shape index (κ3) is 3.63. The molecular formula is C14H23N5O3S. The highest BCUT2D eigenvalue weighted by Crippen LogP contribution is 2.20. The fraction of sp³-hybridized carbons (Fsp3) is 0.714. The molecule has 2 atom stereocenters. The van der Waals surface area contributed by atoms with E-state index in [0.29, 0.717) is 39.3 Å². The highest BCUT2D eigenvalue weighted by molar-refractivity contribution is 7.86. The normalized spacial score (nSPS) is 28.0. The molecule has 2 fully saturated rings. The van der Waals surface area contributed by atoms with Crippen molar-refractivity contribution in [3.05, 3.63) is 18.6 Å². The maximum absolute atomic E-state index is 12.8. The minimum atomic E-state index is -3.43. The molecular weight excluding hydrogens is 318 g/mol. The predicted molar refractivity (Wildman–Crippen MR) is 86.3 cm³/mol. The summed E-state index contributed by atoms with van der Waals surface area (Å²) in [7, 11) is -3.43. The average molecular weight is 341 g/mol. The lowest BCUT2D eigenvalue weighted by Gasteiger charge is -2.40. The van der Waals surface area contributed by atoms with E-state index in [-0.39, 0.29) is 12.2 Å². The molecule has 0 amide bonds. The molecule has 0 spiro atoms. The quantitative estimate of drug-likeness (QED) is 0.767. The van der Waals surface area contributed by atoms with Crippen LogP contribution in [0.15, 0.2) is 18.6 Å². The number of piperazine rings is 1. The summed E-state index contributed by atoms with van der Waals surface area (Å²) in [5.74, 6) is 0.790. The standard InChI is InChI=1S/C14H23N5O3S/c1-12-10-19(11-13(2)22-12)23(20,21)18-7-5-17(6-8-18)14-9-15-3-4-16-14/h3-4,9,12-13H,5-8,10-11H2,1-2H3/t12-,13+. The van der Waals surface area contributed by atoms with Gasteiger partial charge in [0.25, 0.3) is 10.2 Å². The Morgan fingerprint density at radius 3 is 2.26 bits per heavy atom. The van der Waals surface area contributed by atoms with E-state index in [1.165, 1.54) is 0 Å². The summed E-state index contributed by atoms with van der Waals surface area (Å²) in [5, 5.41) is 0. The number of aromatic nitrogens is 2. The average Bonchev–Trinajstić information content (AvgIpc) is 2.55. The summed E-state index contributed by atoms with van der Waals surface area (Å²) >= 11 is 0. The van der Waals surface area contributed by atoms with E-state index in [4.69, 9.17) is 4.74 Å². The summed E-state index contributed by atoms with van der Waals surface area (Å²) in [6.45, 7) is 6.79. The van der Waals surface area contributed by atoms with Crippen molar-refractivity contribution < 1.29 is 13.2 Å². The smallest absolute Gasteiger partial charge is 0.282 e. The van der Waals surface area contributed by atoms with Gasteiger partial charge in [0, 0.05) is 51.7 Å². The Labute approximate surface area is 137 Å². The Kier molecular flexibility index (Phi) is 4.81. The van der Waals surface area contributed by atoms with Crippen LogP contribution >= 0.6 is 0 Å². The van der Waals surface area contributed by atoms with Gasteiger partial charge < -0.3 is 9.64 Å². The first-order chi connectivity index (χ1) is 11.0. The zero-order valence-corrected chi connectivity index (χ0v) is 14.3. The van der Waals surface area contributed by atoms with Gasteiger partial charge in [-0.2, -0.15) is 17.0 Å². The molecule has 128 valence electrons. The van der Waals surface area contributed by atoms with Crippen molar-refractivity contribution in [1.29, 1.82) is 0 Å². The second kappa shape index (κ2) is 6.68. The van der Waals surface area contributed by atoms with Gasteiger partial charge >= 0.3 is 0 Å². The van der Waals surface area contributed by atoms with Crippen molar-refractivity contribution in [3.63, 3.8) is 0 Å². The molecule has 1 aromatic heterocycles. The highest BCUT2D eigenvalue weighted by atomic mass is 32.2. The van der Waals surface area contributed by atoms with Crippen LogP contribution in [0.25, 0.3) is 0 Å². The molecule has 0 bridgehead atoms. The number of rotatable bonds is 3. The second-order valence-corrected chi connectivity index (χ2v) is 7.96. The van der Waals surface area contributed by atoms with Crippen molar-refractivity contribution in [2.24, 2.45) is 0 Å². The molecule has 0 unspecified atom stereocenters. The lowest BCUT2D eigenvalue weighted by Crippen LogP contribution is -2.57. The van der Waals surface area contributed by atoms with Gasteiger partial charge in [-0.05, 0) is 13.8 Å². The molecule has 9 heteroatoms. The Bertz CT molecular complexity index is 609. The van der Waals surface area contributed by atoms with E-state index in [2.05, 4.69) is 14.9 Å². The van der Waals surface area contributed by atoms with Gasteiger partial charge in [0.05, 0.1) is 18.4 Å². The van der Waals surface area contributed by atoms with Crippen molar-refractivity contribution in [3.8, 4) is 0 Å². The number of hydrogen-bond acceptors (Lipinski definition) is 6. The first-order valence-electron chi connectivity index (χ1n) is 7.88. The van der Waals surface area contributed by atoms with E-state index in [9.17, 15) is 8.42 Å². The van der Waals surface area contributed by atoms with Crippen LogP contribution in [0, 0.1) is 0 Å². The number of nitrogens with zero attached hydrogens (tertiary/aromatic N) is 5. The van der Waals surface area contributed by atoms with Gasteiger partial charge in [-0.15, -0.1) is 0 Å². The van der Waals surface area contributed by atoms with Gasteiger partial charge in [0.15, 0.2) is 0 Å². The Balaban J connectivity index is 1.64. The van der Waals surface area contributed by atoms with Gasteiger partial charge in [0.2, 0.25) is 0 Å². The largest absolute Gasteiger partial charge is 0.373 e. The van der Waals surface area contributed by atoms with E-state index in [0.717, 1.165) is 5.82 Å². The zero-order chi connectivity index (χ0) is 16.4. The molecule has 0 aromatic carbocycles. The van der Waals surface area contributed by atoms with Crippen LogP contribution < -0.4 is 4.90 Å². The second-order valence-electron chi connectivity index (χ2n) is 6.03. The zero-order valence-electron chi connectivity index (χ0n) is 13.5. The minimum Gasteiger partial charge on any atom is -0.373 e. The summed E-state index contributed by atoms with van der Waals surface area (Å²) in [5.41, 5.74) is 0. The molecule has 2 saturated heterocycles. The van der Waals surface area contributed by atoms with Crippen LogP contribution in [0.3, 0.4) is 0 Å². The number of morpholine rings is 1. The Morgan fingerprint density at radius 1 is 1.04 bits per heavy atom. The van der Waals surface area contributed by atoms with E-state index >= 15 is 0 Å². The fourth-order valence-corrected chi connectivity index (χ4v) is 4.83. The van der Waals surface area contributed by atoms with Gasteiger partial charge in [-0.3, -0.25) is 4.98 Å². The maximum Gasteiger partial charge on any atom is 0.282 e. The topological polar surface area (TPSA) is 78.9 Å². The molecule has 0 saturated carbocycles. The first-order valence-corrected chi connectivity index (χ1v) is 9.28. The fourth-order valence-electron chi connectivity index (χ4n) is 3.08. The summed E-state index contributed by atoms with van der Waals surface area (Å²) in [6.07, 6.45) is 4.83. The molecule has 1 aromatic rings. The van der Waals surface area contributed by atoms with Gasteiger partial charge in [-0.25, -0.2) is 4.98 Å². The molecule has 23 heavy (non-hydrogen) atoms. The van der Waals surface area contributed by atoms with E-state index in [1.54, 1.807) is 27.2 Å². The number of hydrogen-bond donors (Lipinski definition) is 0. The maximum atomic E-state index is 12.8. The van der Waals surface area contributed by atoms with Crippen LogP contribution in [0.5, 0.6) is 0 Å². The van der Waals surface area contributed by atoms with E-state index < -0.39 is 10.2 Å². The van der Waals surface area contributed by atoms with Crippen LogP contribution in [0.1, 0.15) is 13.8 Å². The predicted octanol–water partition coefficient (Wildman–Crippen LogP) is -0.0474. The molecule has 2 aliphatic heterocycles. The molecule has 0 aliphatic carbocycles. The summed E-state index contributed by atoms with van der Waals surface area (Å²) < 4.78 is 34.4.